The van der Waals surface area contributed by atoms with Crippen LogP contribution < -0.4 is 0 Å². The maximum atomic E-state index is 13.3. The minimum absolute atomic E-state index is 0.0711. The zero-order chi connectivity index (χ0) is 24.7. The Morgan fingerprint density at radius 2 is 1.88 bits per heavy atom. The van der Waals surface area contributed by atoms with Crippen molar-refractivity contribution in [2.45, 2.75) is 65.9 Å². The normalized spacial score (nSPS) is 45.1. The molecule has 1 aromatic rings. The molecule has 4 aliphatic rings. The van der Waals surface area contributed by atoms with Crippen LogP contribution in [0.1, 0.15) is 70.9 Å². The van der Waals surface area contributed by atoms with Crippen LogP contribution in [0.2, 0.25) is 0 Å². The molecule has 0 bridgehead atoms. The van der Waals surface area contributed by atoms with Crippen LogP contribution in [-0.2, 0) is 14.3 Å². The van der Waals surface area contributed by atoms with E-state index in [1.54, 1.807) is 18.2 Å². The molecule has 0 saturated heterocycles. The molecule has 0 spiro atoms. The maximum Gasteiger partial charge on any atom is 0.375 e. The highest BCUT2D eigenvalue weighted by Crippen LogP contribution is 2.74. The Hall–Kier alpha value is -2.08. The monoisotopic (exact) mass is 482 g/mol. The van der Waals surface area contributed by atoms with Gasteiger partial charge in [-0.05, 0) is 73.1 Å². The average Bonchev–Trinajstić information content (AvgIpc) is 3.37. The van der Waals surface area contributed by atoms with E-state index in [2.05, 4.69) is 46.4 Å². The molecule has 1 heterocycles. The van der Waals surface area contributed by atoms with Crippen molar-refractivity contribution in [1.82, 2.24) is 0 Å². The Bertz CT molecular complexity index is 1120. The summed E-state index contributed by atoms with van der Waals surface area (Å²) in [6.45, 7) is 11.1. The Morgan fingerprint density at radius 3 is 2.53 bits per heavy atom. The van der Waals surface area contributed by atoms with Gasteiger partial charge in [0.1, 0.15) is 0 Å². The molecule has 5 rings (SSSR count). The molecular formula is C28H34O5S. The summed E-state index contributed by atoms with van der Waals surface area (Å²) in [6.07, 6.45) is 10.5. The molecule has 1 aromatic heterocycles. The third kappa shape index (κ3) is 2.72. The van der Waals surface area contributed by atoms with Crippen LogP contribution in [0.5, 0.6) is 0 Å². The van der Waals surface area contributed by atoms with Gasteiger partial charge in [-0.25, -0.2) is 4.79 Å². The van der Waals surface area contributed by atoms with Gasteiger partial charge in [0.05, 0.1) is 6.26 Å². The van der Waals surface area contributed by atoms with Gasteiger partial charge >= 0.3 is 5.97 Å². The van der Waals surface area contributed by atoms with E-state index in [1.165, 1.54) is 11.8 Å². The molecule has 0 aromatic carbocycles. The number of esters is 1. The van der Waals surface area contributed by atoms with Crippen LogP contribution in [0.15, 0.2) is 46.6 Å². The molecule has 3 saturated carbocycles. The van der Waals surface area contributed by atoms with Crippen LogP contribution in [0.3, 0.4) is 0 Å². The molecule has 0 N–H and O–H groups in total. The van der Waals surface area contributed by atoms with Gasteiger partial charge in [-0.2, -0.15) is 0 Å². The summed E-state index contributed by atoms with van der Waals surface area (Å²) in [5.74, 6) is 0.116. The molecule has 182 valence electrons. The van der Waals surface area contributed by atoms with Crippen LogP contribution in [-0.4, -0.2) is 22.5 Å². The molecule has 34 heavy (non-hydrogen) atoms. The second-order valence-corrected chi connectivity index (χ2v) is 12.1. The predicted octanol–water partition coefficient (Wildman–Crippen LogP) is 5.82. The number of fused-ring (bicyclic) bond motifs is 5. The van der Waals surface area contributed by atoms with Crippen LogP contribution in [0.4, 0.5) is 0 Å². The van der Waals surface area contributed by atoms with Gasteiger partial charge < -0.3 is 9.15 Å². The molecule has 4 aliphatic carbocycles. The molecule has 5 nitrogen and oxygen atoms in total. The average molecular weight is 483 g/mol. The molecule has 6 heteroatoms. The summed E-state index contributed by atoms with van der Waals surface area (Å²) < 4.78 is 11.5. The van der Waals surface area contributed by atoms with Crippen molar-refractivity contribution in [2.75, 3.05) is 0 Å². The van der Waals surface area contributed by atoms with E-state index in [1.807, 2.05) is 13.0 Å². The quantitative estimate of drug-likeness (QED) is 0.434. The highest BCUT2D eigenvalue weighted by Gasteiger charge is 2.74. The summed E-state index contributed by atoms with van der Waals surface area (Å²) in [5.41, 5.74) is -0.951. The van der Waals surface area contributed by atoms with Gasteiger partial charge in [0.25, 0.3) is 0 Å². The first-order valence-corrected chi connectivity index (χ1v) is 12.8. The summed E-state index contributed by atoms with van der Waals surface area (Å²) in [6, 6.07) is 3.20. The first-order valence-electron chi connectivity index (χ1n) is 12.4. The number of allylic oxidation sites excluding steroid dienone is 4. The molecule has 0 aliphatic heterocycles. The number of furan rings is 1. The van der Waals surface area contributed by atoms with Gasteiger partial charge in [0.15, 0.2) is 11.4 Å². The smallest absolute Gasteiger partial charge is 0.375 e. The number of ketones is 1. The topological polar surface area (TPSA) is 73.6 Å². The minimum atomic E-state index is -1.32. The summed E-state index contributed by atoms with van der Waals surface area (Å²) in [4.78, 5) is 38.6. The minimum Gasteiger partial charge on any atom is -0.457 e. The number of rotatable bonds is 3. The Balaban J connectivity index is 1.60. The summed E-state index contributed by atoms with van der Waals surface area (Å²) in [7, 11) is 0. The predicted molar refractivity (Wildman–Crippen MR) is 131 cm³/mol. The molecule has 2 unspecified atom stereocenters. The van der Waals surface area contributed by atoms with E-state index < -0.39 is 17.0 Å². The lowest BCUT2D eigenvalue weighted by atomic mass is 9.38. The highest BCUT2D eigenvalue weighted by molar-refractivity contribution is 7.96. The van der Waals surface area contributed by atoms with Crippen LogP contribution in [0, 0.1) is 39.9 Å². The van der Waals surface area contributed by atoms with Crippen molar-refractivity contribution in [1.29, 1.82) is 0 Å². The van der Waals surface area contributed by atoms with E-state index in [9.17, 15) is 14.4 Å². The maximum absolute atomic E-state index is 13.3. The lowest BCUT2D eigenvalue weighted by molar-refractivity contribution is -0.184. The SMILES string of the molecule is C[C@@H]1CC2C3CCC4=CC(=O)C=C[C@]4(C)[C@]3(C)[C@@H](C)C[C@]2(C)[C@@]1(OC(=O)c1ccco1)C(=O)S. The number of ether oxygens (including phenoxy) is 1. The molecule has 3 fully saturated rings. The van der Waals surface area contributed by atoms with E-state index in [0.29, 0.717) is 5.92 Å². The number of carbonyl (C=O) groups is 3. The Morgan fingerprint density at radius 1 is 1.15 bits per heavy atom. The third-order valence-electron chi connectivity index (χ3n) is 10.7. The van der Waals surface area contributed by atoms with Gasteiger partial charge in [0, 0.05) is 16.7 Å². The van der Waals surface area contributed by atoms with E-state index in [-0.39, 0.29) is 45.2 Å². The fraction of sp³-hybridized carbons (Fsp3) is 0.607. The van der Waals surface area contributed by atoms with Crippen molar-refractivity contribution < 1.29 is 23.5 Å². The fourth-order valence-corrected chi connectivity index (χ4v) is 9.31. The first-order chi connectivity index (χ1) is 15.9. The van der Waals surface area contributed by atoms with Crippen molar-refractivity contribution in [3.05, 3.63) is 48.0 Å². The lowest BCUT2D eigenvalue weighted by Crippen LogP contribution is -2.64. The molecule has 0 amide bonds. The molecule has 0 radical (unpaired) electrons. The van der Waals surface area contributed by atoms with Crippen LogP contribution in [0.25, 0.3) is 0 Å². The van der Waals surface area contributed by atoms with Crippen molar-refractivity contribution in [3.8, 4) is 0 Å². The third-order valence-corrected chi connectivity index (χ3v) is 11.0. The summed E-state index contributed by atoms with van der Waals surface area (Å²) in [5, 5.41) is -0.383. The van der Waals surface area contributed by atoms with Gasteiger partial charge in [-0.1, -0.05) is 46.3 Å². The van der Waals surface area contributed by atoms with Gasteiger partial charge in [-0.15, -0.1) is 12.6 Å². The van der Waals surface area contributed by atoms with Gasteiger partial charge in [0.2, 0.25) is 10.9 Å². The Kier molecular flexibility index (Phi) is 5.19. The fourth-order valence-electron chi connectivity index (χ4n) is 8.79. The largest absolute Gasteiger partial charge is 0.457 e. The van der Waals surface area contributed by atoms with E-state index in [4.69, 9.17) is 9.15 Å². The van der Waals surface area contributed by atoms with E-state index >= 15 is 0 Å². The van der Waals surface area contributed by atoms with Gasteiger partial charge in [-0.3, -0.25) is 9.59 Å². The Labute approximate surface area is 206 Å². The number of hydrogen-bond donors (Lipinski definition) is 1. The highest BCUT2D eigenvalue weighted by atomic mass is 32.1. The number of hydrogen-bond acceptors (Lipinski definition) is 5. The lowest BCUT2D eigenvalue weighted by Gasteiger charge is -2.66. The second-order valence-electron chi connectivity index (χ2n) is 11.7. The number of carbonyl (C=O) groups excluding carboxylic acids is 3. The van der Waals surface area contributed by atoms with Crippen molar-refractivity contribution in [2.24, 2.45) is 39.9 Å². The zero-order valence-electron chi connectivity index (χ0n) is 20.6. The first kappa shape index (κ1) is 23.7. The summed E-state index contributed by atoms with van der Waals surface area (Å²) >= 11 is 4.35. The van der Waals surface area contributed by atoms with Crippen molar-refractivity contribution in [3.63, 3.8) is 0 Å². The standard InChI is InChI=1S/C28H34O5S/c1-16-13-21-20-9-8-18-14-19(29)10-11-25(18,3)27(20,5)17(2)15-26(21,4)28(16,24(31)34)33-23(30)22-7-6-12-32-22/h6-7,10-12,14,16-17,20-21H,8-9,13,15H2,1-5H3,(H,31,34)/t16-,17+,20?,21?,25+,26+,27-,28+/m1/s1. The zero-order valence-corrected chi connectivity index (χ0v) is 21.5. The molecular weight excluding hydrogens is 448 g/mol. The van der Waals surface area contributed by atoms with Crippen molar-refractivity contribution >= 4 is 29.5 Å². The molecule has 8 atom stereocenters. The second kappa shape index (κ2) is 7.46. The number of thiol groups is 1. The van der Waals surface area contributed by atoms with Crippen LogP contribution >= 0.6 is 12.6 Å². The van der Waals surface area contributed by atoms with E-state index in [0.717, 1.165) is 25.7 Å².